The van der Waals surface area contributed by atoms with Gasteiger partial charge >= 0.3 is 0 Å². The third kappa shape index (κ3) is 5.85. The van der Waals surface area contributed by atoms with E-state index in [0.717, 1.165) is 5.92 Å². The lowest BCUT2D eigenvalue weighted by atomic mass is 9.96. The Morgan fingerprint density at radius 2 is 1.52 bits per heavy atom. The number of rotatable bonds is 6. The molecular weight excluding hydrogens is 260 g/mol. The number of piperidine rings is 1. The Bertz CT molecular complexity index is 277. The molecule has 0 atom stereocenters. The molecule has 0 aromatic heterocycles. The summed E-state index contributed by atoms with van der Waals surface area (Å²) >= 11 is 0. The number of nitrogens with zero attached hydrogens (tertiary/aromatic N) is 4. The fourth-order valence-electron chi connectivity index (χ4n) is 3.56. The Morgan fingerprint density at radius 1 is 0.905 bits per heavy atom. The Kier molecular flexibility index (Phi) is 6.93. The van der Waals surface area contributed by atoms with Crippen LogP contribution in [0.5, 0.6) is 0 Å². The molecule has 0 unspecified atom stereocenters. The maximum Gasteiger partial charge on any atom is 0.0113 e. The van der Waals surface area contributed by atoms with Crippen molar-refractivity contribution >= 4 is 0 Å². The molecule has 2 heterocycles. The molecule has 2 fully saturated rings. The van der Waals surface area contributed by atoms with Gasteiger partial charge in [-0.15, -0.1) is 0 Å². The molecule has 21 heavy (non-hydrogen) atoms. The van der Waals surface area contributed by atoms with Gasteiger partial charge in [-0.05, 0) is 59.8 Å². The molecule has 0 spiro atoms. The van der Waals surface area contributed by atoms with Crippen LogP contribution >= 0.6 is 0 Å². The lowest BCUT2D eigenvalue weighted by Crippen LogP contribution is -2.50. The van der Waals surface area contributed by atoms with E-state index in [1.807, 2.05) is 0 Å². The minimum absolute atomic E-state index is 0.715. The van der Waals surface area contributed by atoms with E-state index in [9.17, 15) is 0 Å². The average molecular weight is 297 g/mol. The van der Waals surface area contributed by atoms with Crippen molar-refractivity contribution in [3.8, 4) is 0 Å². The monoisotopic (exact) mass is 296 g/mol. The molecule has 124 valence electrons. The van der Waals surface area contributed by atoms with Crippen LogP contribution in [0.3, 0.4) is 0 Å². The molecule has 0 radical (unpaired) electrons. The first kappa shape index (κ1) is 17.2. The van der Waals surface area contributed by atoms with Crippen LogP contribution in [0, 0.1) is 5.92 Å². The maximum absolute atomic E-state index is 2.71. The highest BCUT2D eigenvalue weighted by molar-refractivity contribution is 4.79. The normalized spacial score (nSPS) is 24.3. The molecule has 0 aromatic rings. The summed E-state index contributed by atoms with van der Waals surface area (Å²) in [4.78, 5) is 10.3. The van der Waals surface area contributed by atoms with E-state index in [1.54, 1.807) is 0 Å². The molecule has 4 nitrogen and oxygen atoms in total. The summed E-state index contributed by atoms with van der Waals surface area (Å²) in [7, 11) is 4.34. The van der Waals surface area contributed by atoms with E-state index < -0.39 is 0 Å². The van der Waals surface area contributed by atoms with Crippen LogP contribution in [0.4, 0.5) is 0 Å². The largest absolute Gasteiger partial charge is 0.308 e. The number of likely N-dealkylation sites (N-methyl/N-ethyl adjacent to an activating group) is 1. The van der Waals surface area contributed by atoms with Gasteiger partial charge in [-0.1, -0.05) is 0 Å². The maximum atomic E-state index is 2.71. The number of likely N-dealkylation sites (tertiary alicyclic amines) is 1. The van der Waals surface area contributed by atoms with Gasteiger partial charge in [0.1, 0.15) is 0 Å². The molecule has 0 amide bonds. The van der Waals surface area contributed by atoms with E-state index >= 15 is 0 Å². The molecule has 2 aliphatic rings. The van der Waals surface area contributed by atoms with E-state index in [1.165, 1.54) is 71.7 Å². The zero-order valence-electron chi connectivity index (χ0n) is 14.7. The number of hydrogen-bond donors (Lipinski definition) is 0. The zero-order valence-corrected chi connectivity index (χ0v) is 14.7. The predicted molar refractivity (Wildman–Crippen MR) is 90.9 cm³/mol. The van der Waals surface area contributed by atoms with Crippen molar-refractivity contribution in [3.05, 3.63) is 0 Å². The van der Waals surface area contributed by atoms with Crippen LogP contribution < -0.4 is 0 Å². The Hall–Kier alpha value is -0.160. The third-order valence-corrected chi connectivity index (χ3v) is 5.22. The molecule has 0 aliphatic carbocycles. The average Bonchev–Trinajstić information content (AvgIpc) is 2.47. The second-order valence-electron chi connectivity index (χ2n) is 7.52. The highest BCUT2D eigenvalue weighted by Gasteiger charge is 2.24. The third-order valence-electron chi connectivity index (χ3n) is 5.22. The quantitative estimate of drug-likeness (QED) is 0.732. The summed E-state index contributed by atoms with van der Waals surface area (Å²) < 4.78 is 0. The van der Waals surface area contributed by atoms with Gasteiger partial charge in [0.15, 0.2) is 0 Å². The second kappa shape index (κ2) is 8.47. The van der Waals surface area contributed by atoms with Gasteiger partial charge in [0, 0.05) is 51.9 Å². The van der Waals surface area contributed by atoms with Gasteiger partial charge in [0.2, 0.25) is 0 Å². The smallest absolute Gasteiger partial charge is 0.0113 e. The summed E-state index contributed by atoms with van der Waals surface area (Å²) in [6.45, 7) is 16.1. The summed E-state index contributed by atoms with van der Waals surface area (Å²) in [5.41, 5.74) is 0. The molecule has 0 aromatic carbocycles. The van der Waals surface area contributed by atoms with Crippen molar-refractivity contribution in [1.29, 1.82) is 0 Å². The first-order valence-electron chi connectivity index (χ1n) is 8.88. The van der Waals surface area contributed by atoms with Crippen molar-refractivity contribution in [2.24, 2.45) is 5.92 Å². The van der Waals surface area contributed by atoms with Crippen LogP contribution in [-0.2, 0) is 0 Å². The zero-order chi connectivity index (χ0) is 15.2. The SMILES string of the molecule is CC(C)N1CCN(CC2CCN(CCN(C)C)CC2)CC1. The molecule has 0 N–H and O–H groups in total. The van der Waals surface area contributed by atoms with Crippen molar-refractivity contribution in [2.75, 3.05) is 73.0 Å². The minimum Gasteiger partial charge on any atom is -0.308 e. The van der Waals surface area contributed by atoms with Crippen molar-refractivity contribution < 1.29 is 0 Å². The lowest BCUT2D eigenvalue weighted by Gasteiger charge is -2.40. The van der Waals surface area contributed by atoms with Crippen molar-refractivity contribution in [2.45, 2.75) is 32.7 Å². The first-order valence-corrected chi connectivity index (χ1v) is 8.88. The van der Waals surface area contributed by atoms with E-state index in [4.69, 9.17) is 0 Å². The highest BCUT2D eigenvalue weighted by Crippen LogP contribution is 2.19. The summed E-state index contributed by atoms with van der Waals surface area (Å²) in [5, 5.41) is 0. The molecule has 2 aliphatic heterocycles. The second-order valence-corrected chi connectivity index (χ2v) is 7.52. The van der Waals surface area contributed by atoms with Gasteiger partial charge in [0.25, 0.3) is 0 Å². The molecular formula is C17H36N4. The van der Waals surface area contributed by atoms with Crippen LogP contribution in [0.1, 0.15) is 26.7 Å². The molecule has 2 rings (SSSR count). The Balaban J connectivity index is 1.61. The molecule has 4 heteroatoms. The van der Waals surface area contributed by atoms with Gasteiger partial charge < -0.3 is 14.7 Å². The Morgan fingerprint density at radius 3 is 2.05 bits per heavy atom. The van der Waals surface area contributed by atoms with Gasteiger partial charge in [-0.3, -0.25) is 4.90 Å². The van der Waals surface area contributed by atoms with E-state index in [-0.39, 0.29) is 0 Å². The topological polar surface area (TPSA) is 13.0 Å². The molecule has 0 saturated carbocycles. The van der Waals surface area contributed by atoms with Gasteiger partial charge in [0.05, 0.1) is 0 Å². The minimum atomic E-state index is 0.715. The van der Waals surface area contributed by atoms with Crippen LogP contribution in [-0.4, -0.2) is 98.6 Å². The number of piperazine rings is 1. The van der Waals surface area contributed by atoms with Crippen LogP contribution in [0.25, 0.3) is 0 Å². The lowest BCUT2D eigenvalue weighted by molar-refractivity contribution is 0.0800. The fraction of sp³-hybridized carbons (Fsp3) is 1.00. The highest BCUT2D eigenvalue weighted by atomic mass is 15.3. The van der Waals surface area contributed by atoms with E-state index in [2.05, 4.69) is 47.5 Å². The van der Waals surface area contributed by atoms with Gasteiger partial charge in [-0.2, -0.15) is 0 Å². The first-order chi connectivity index (χ1) is 10.0. The number of hydrogen-bond acceptors (Lipinski definition) is 4. The van der Waals surface area contributed by atoms with Crippen molar-refractivity contribution in [3.63, 3.8) is 0 Å². The van der Waals surface area contributed by atoms with Gasteiger partial charge in [-0.25, -0.2) is 0 Å². The fourth-order valence-corrected chi connectivity index (χ4v) is 3.56. The van der Waals surface area contributed by atoms with E-state index in [0.29, 0.717) is 6.04 Å². The predicted octanol–water partition coefficient (Wildman–Crippen LogP) is 1.29. The summed E-state index contributed by atoms with van der Waals surface area (Å²) in [6, 6.07) is 0.715. The van der Waals surface area contributed by atoms with Crippen LogP contribution in [0.15, 0.2) is 0 Å². The van der Waals surface area contributed by atoms with Crippen molar-refractivity contribution in [1.82, 2.24) is 19.6 Å². The summed E-state index contributed by atoms with van der Waals surface area (Å²) in [5.74, 6) is 0.936. The Labute approximate surface area is 132 Å². The molecule has 0 bridgehead atoms. The standard InChI is InChI=1S/C17H36N4/c1-16(2)21-13-11-20(12-14-21)15-17-5-7-19(8-6-17)10-9-18(3)4/h16-17H,5-15H2,1-4H3. The van der Waals surface area contributed by atoms with Crippen LogP contribution in [0.2, 0.25) is 0 Å². The summed E-state index contributed by atoms with van der Waals surface area (Å²) in [6.07, 6.45) is 2.80. The molecule has 2 saturated heterocycles.